The number of hydrogen-bond donors (Lipinski definition) is 1. The molecule has 1 fully saturated rings. The van der Waals surface area contributed by atoms with Gasteiger partial charge < -0.3 is 10.2 Å². The fraction of sp³-hybridized carbons (Fsp3) is 0.588. The summed E-state index contributed by atoms with van der Waals surface area (Å²) in [5.41, 5.74) is 1.51. The van der Waals surface area contributed by atoms with E-state index in [0.717, 1.165) is 32.6 Å². The van der Waals surface area contributed by atoms with Crippen LogP contribution in [0.5, 0.6) is 0 Å². The SMILES string of the molecule is CC(C)(C)c1ccc(SCC(=O)N2CCCNCC2)cc1.Cl. The van der Waals surface area contributed by atoms with Gasteiger partial charge in [-0.3, -0.25) is 4.79 Å². The minimum Gasteiger partial charge on any atom is -0.341 e. The quantitative estimate of drug-likeness (QED) is 0.855. The maximum absolute atomic E-state index is 12.2. The van der Waals surface area contributed by atoms with Crippen LogP contribution in [0.2, 0.25) is 0 Å². The Hall–Kier alpha value is -0.710. The van der Waals surface area contributed by atoms with Crippen LogP contribution in [0.3, 0.4) is 0 Å². The first-order chi connectivity index (χ1) is 9.97. The number of benzene rings is 1. The Morgan fingerprint density at radius 3 is 2.50 bits per heavy atom. The third kappa shape index (κ3) is 5.82. The van der Waals surface area contributed by atoms with Gasteiger partial charge in [-0.1, -0.05) is 32.9 Å². The Morgan fingerprint density at radius 1 is 1.18 bits per heavy atom. The second-order valence-corrected chi connectivity index (χ2v) is 7.60. The van der Waals surface area contributed by atoms with Crippen molar-refractivity contribution in [2.75, 3.05) is 31.9 Å². The highest BCUT2D eigenvalue weighted by Gasteiger charge is 2.16. The first kappa shape index (κ1) is 19.3. The number of hydrogen-bond acceptors (Lipinski definition) is 3. The van der Waals surface area contributed by atoms with Gasteiger partial charge in [0.05, 0.1) is 5.75 Å². The number of carbonyl (C=O) groups excluding carboxylic acids is 1. The van der Waals surface area contributed by atoms with Crippen molar-refractivity contribution in [3.8, 4) is 0 Å². The Balaban J connectivity index is 0.00000242. The molecule has 1 aromatic carbocycles. The summed E-state index contributed by atoms with van der Waals surface area (Å²) in [7, 11) is 0. The van der Waals surface area contributed by atoms with E-state index >= 15 is 0 Å². The smallest absolute Gasteiger partial charge is 0.232 e. The molecule has 3 nitrogen and oxygen atoms in total. The van der Waals surface area contributed by atoms with E-state index < -0.39 is 0 Å². The second-order valence-electron chi connectivity index (χ2n) is 6.55. The van der Waals surface area contributed by atoms with Crippen LogP contribution in [0.4, 0.5) is 0 Å². The Labute approximate surface area is 144 Å². The third-order valence-corrected chi connectivity index (χ3v) is 4.77. The molecule has 22 heavy (non-hydrogen) atoms. The predicted octanol–water partition coefficient (Wildman–Crippen LogP) is 3.32. The number of nitrogens with one attached hydrogen (secondary N) is 1. The van der Waals surface area contributed by atoms with Crippen LogP contribution in [0.1, 0.15) is 32.8 Å². The first-order valence-electron chi connectivity index (χ1n) is 7.69. The molecule has 1 saturated heterocycles. The van der Waals surface area contributed by atoms with Crippen LogP contribution in [0.25, 0.3) is 0 Å². The molecular weight excluding hydrogens is 316 g/mol. The molecule has 0 aliphatic carbocycles. The average Bonchev–Trinajstić information content (AvgIpc) is 2.73. The topological polar surface area (TPSA) is 32.3 Å². The molecule has 124 valence electrons. The van der Waals surface area contributed by atoms with Gasteiger partial charge in [0.25, 0.3) is 0 Å². The van der Waals surface area contributed by atoms with Gasteiger partial charge in [-0.05, 0) is 36.1 Å². The zero-order chi connectivity index (χ0) is 15.3. The zero-order valence-electron chi connectivity index (χ0n) is 13.7. The van der Waals surface area contributed by atoms with Gasteiger partial charge in [0.2, 0.25) is 5.91 Å². The highest BCUT2D eigenvalue weighted by Crippen LogP contribution is 2.25. The molecule has 1 aliphatic heterocycles. The van der Waals surface area contributed by atoms with Crippen molar-refractivity contribution in [3.05, 3.63) is 29.8 Å². The highest BCUT2D eigenvalue weighted by molar-refractivity contribution is 8.00. The molecule has 0 unspecified atom stereocenters. The minimum atomic E-state index is 0. The van der Waals surface area contributed by atoms with E-state index in [1.54, 1.807) is 11.8 Å². The van der Waals surface area contributed by atoms with Crippen LogP contribution in [-0.2, 0) is 10.2 Å². The van der Waals surface area contributed by atoms with Crippen molar-refractivity contribution in [1.82, 2.24) is 10.2 Å². The summed E-state index contributed by atoms with van der Waals surface area (Å²) in [6.45, 7) is 10.3. The standard InChI is InChI=1S/C17H26N2OS.ClH/c1-17(2,3)14-5-7-15(8-6-14)21-13-16(20)19-11-4-9-18-10-12-19;/h5-8,18H,4,9-13H2,1-3H3;1H. The summed E-state index contributed by atoms with van der Waals surface area (Å²) in [6, 6.07) is 8.59. The molecule has 5 heteroatoms. The summed E-state index contributed by atoms with van der Waals surface area (Å²) in [5, 5.41) is 3.33. The second kappa shape index (κ2) is 8.80. The van der Waals surface area contributed by atoms with Crippen molar-refractivity contribution in [3.63, 3.8) is 0 Å². The number of nitrogens with zero attached hydrogens (tertiary/aromatic N) is 1. The van der Waals surface area contributed by atoms with Crippen LogP contribution in [0, 0.1) is 0 Å². The number of amides is 1. The molecule has 2 rings (SSSR count). The van der Waals surface area contributed by atoms with Crippen LogP contribution < -0.4 is 5.32 Å². The molecule has 1 aliphatic rings. The molecule has 1 amide bonds. The Bertz CT molecular complexity index is 463. The van der Waals surface area contributed by atoms with E-state index in [-0.39, 0.29) is 23.7 Å². The largest absolute Gasteiger partial charge is 0.341 e. The highest BCUT2D eigenvalue weighted by atomic mass is 35.5. The fourth-order valence-corrected chi connectivity index (χ4v) is 3.18. The zero-order valence-corrected chi connectivity index (χ0v) is 15.4. The van der Waals surface area contributed by atoms with Gasteiger partial charge >= 0.3 is 0 Å². The number of carbonyl (C=O) groups is 1. The van der Waals surface area contributed by atoms with Gasteiger partial charge in [0.15, 0.2) is 0 Å². The maximum atomic E-state index is 12.2. The molecular formula is C17H27ClN2OS. The van der Waals surface area contributed by atoms with Gasteiger partial charge in [0.1, 0.15) is 0 Å². The molecule has 0 bridgehead atoms. The Kier molecular flexibility index (Phi) is 7.74. The summed E-state index contributed by atoms with van der Waals surface area (Å²) >= 11 is 1.64. The van der Waals surface area contributed by atoms with Gasteiger partial charge in [-0.2, -0.15) is 0 Å². The maximum Gasteiger partial charge on any atom is 0.232 e. The third-order valence-electron chi connectivity index (χ3n) is 3.78. The van der Waals surface area contributed by atoms with Gasteiger partial charge in [-0.15, -0.1) is 24.2 Å². The number of rotatable bonds is 3. The van der Waals surface area contributed by atoms with Crippen molar-refractivity contribution in [1.29, 1.82) is 0 Å². The van der Waals surface area contributed by atoms with Crippen LogP contribution >= 0.6 is 24.2 Å². The van der Waals surface area contributed by atoms with E-state index in [9.17, 15) is 4.79 Å². The van der Waals surface area contributed by atoms with E-state index in [1.807, 2.05) is 4.90 Å². The van der Waals surface area contributed by atoms with E-state index in [0.29, 0.717) is 5.75 Å². The van der Waals surface area contributed by atoms with Crippen LogP contribution in [0.15, 0.2) is 29.2 Å². The van der Waals surface area contributed by atoms with Gasteiger partial charge in [-0.25, -0.2) is 0 Å². The summed E-state index contributed by atoms with van der Waals surface area (Å²) in [5.74, 6) is 0.790. The summed E-state index contributed by atoms with van der Waals surface area (Å²) < 4.78 is 0. The molecule has 1 N–H and O–H groups in total. The lowest BCUT2D eigenvalue weighted by Crippen LogP contribution is -2.35. The number of halogens is 1. The molecule has 0 saturated carbocycles. The summed E-state index contributed by atoms with van der Waals surface area (Å²) in [6.07, 6.45) is 1.05. The Morgan fingerprint density at radius 2 is 1.86 bits per heavy atom. The first-order valence-corrected chi connectivity index (χ1v) is 8.67. The molecule has 1 heterocycles. The minimum absolute atomic E-state index is 0. The summed E-state index contributed by atoms with van der Waals surface area (Å²) in [4.78, 5) is 15.4. The molecule has 0 atom stereocenters. The van der Waals surface area contributed by atoms with E-state index in [2.05, 4.69) is 50.4 Å². The van der Waals surface area contributed by atoms with Crippen LogP contribution in [-0.4, -0.2) is 42.7 Å². The molecule has 0 radical (unpaired) electrons. The predicted molar refractivity (Wildman–Crippen MR) is 97.2 cm³/mol. The van der Waals surface area contributed by atoms with Gasteiger partial charge in [0, 0.05) is 24.5 Å². The van der Waals surface area contributed by atoms with Crippen molar-refractivity contribution in [2.24, 2.45) is 0 Å². The van der Waals surface area contributed by atoms with E-state index in [4.69, 9.17) is 0 Å². The fourth-order valence-electron chi connectivity index (χ4n) is 2.38. The lowest BCUT2D eigenvalue weighted by Gasteiger charge is -2.20. The average molecular weight is 343 g/mol. The monoisotopic (exact) mass is 342 g/mol. The van der Waals surface area contributed by atoms with Crippen molar-refractivity contribution in [2.45, 2.75) is 37.5 Å². The van der Waals surface area contributed by atoms with E-state index in [1.165, 1.54) is 10.5 Å². The molecule has 0 spiro atoms. The molecule has 0 aromatic heterocycles. The number of thioether (sulfide) groups is 1. The molecule has 1 aromatic rings. The lowest BCUT2D eigenvalue weighted by molar-refractivity contribution is -0.128. The van der Waals surface area contributed by atoms with Crippen molar-refractivity contribution < 1.29 is 4.79 Å². The normalized spacial score (nSPS) is 15.9. The van der Waals surface area contributed by atoms with Crippen molar-refractivity contribution >= 4 is 30.1 Å². The lowest BCUT2D eigenvalue weighted by atomic mass is 9.87.